The quantitative estimate of drug-likeness (QED) is 0.565. The number of hydrogen-bond donors (Lipinski definition) is 0. The second-order valence-corrected chi connectivity index (χ2v) is 9.30. The van der Waals surface area contributed by atoms with Crippen molar-refractivity contribution in [2.45, 2.75) is 38.6 Å². The van der Waals surface area contributed by atoms with Crippen LogP contribution in [0.1, 0.15) is 52.4 Å². The molecule has 3 aromatic rings. The Kier molecular flexibility index (Phi) is 4.22. The van der Waals surface area contributed by atoms with Crippen molar-refractivity contribution in [1.82, 2.24) is 14.3 Å². The number of pyridine rings is 1. The van der Waals surface area contributed by atoms with E-state index in [9.17, 15) is 14.4 Å². The predicted molar refractivity (Wildman–Crippen MR) is 118 cm³/mol. The fourth-order valence-corrected chi connectivity index (χ4v) is 4.86. The van der Waals surface area contributed by atoms with E-state index in [0.29, 0.717) is 35.2 Å². The maximum atomic E-state index is 12.9. The Balaban J connectivity index is 1.35. The fourth-order valence-electron chi connectivity index (χ4n) is 4.86. The van der Waals surface area contributed by atoms with Gasteiger partial charge in [0.15, 0.2) is 5.65 Å². The third kappa shape index (κ3) is 3.11. The fraction of sp³-hybridized carbons (Fsp3) is 0.360. The lowest BCUT2D eigenvalue weighted by Gasteiger charge is -2.20. The van der Waals surface area contributed by atoms with Crippen molar-refractivity contribution in [3.05, 3.63) is 65.1 Å². The maximum Gasteiger partial charge on any atom is 0.260 e. The minimum absolute atomic E-state index is 0.0791. The van der Waals surface area contributed by atoms with E-state index in [2.05, 4.69) is 12.3 Å². The van der Waals surface area contributed by atoms with Crippen molar-refractivity contribution in [2.24, 2.45) is 11.8 Å². The van der Waals surface area contributed by atoms with E-state index in [4.69, 9.17) is 4.98 Å². The molecular formula is C25H24N4O3. The third-order valence-corrected chi connectivity index (χ3v) is 6.96. The minimum Gasteiger partial charge on any atom is -0.308 e. The van der Waals surface area contributed by atoms with Gasteiger partial charge in [0.25, 0.3) is 5.91 Å². The molecule has 3 heterocycles. The van der Waals surface area contributed by atoms with Gasteiger partial charge >= 0.3 is 0 Å². The van der Waals surface area contributed by atoms with Crippen molar-refractivity contribution in [3.8, 4) is 0 Å². The van der Waals surface area contributed by atoms with Gasteiger partial charge in [0, 0.05) is 30.4 Å². The highest BCUT2D eigenvalue weighted by atomic mass is 16.2. The number of imide groups is 1. The van der Waals surface area contributed by atoms with Crippen LogP contribution in [0, 0.1) is 18.8 Å². The smallest absolute Gasteiger partial charge is 0.260 e. The first-order valence-corrected chi connectivity index (χ1v) is 11.2. The highest BCUT2D eigenvalue weighted by molar-refractivity contribution is 6.03. The van der Waals surface area contributed by atoms with Crippen molar-refractivity contribution in [2.75, 3.05) is 11.4 Å². The molecule has 2 aromatic heterocycles. The topological polar surface area (TPSA) is 75.0 Å². The highest BCUT2D eigenvalue weighted by Gasteiger charge is 2.53. The van der Waals surface area contributed by atoms with Crippen LogP contribution in [-0.4, -0.2) is 39.1 Å². The Morgan fingerprint density at radius 2 is 2.06 bits per heavy atom. The molecule has 6 rings (SSSR count). The van der Waals surface area contributed by atoms with Crippen LogP contribution in [0.3, 0.4) is 0 Å². The van der Waals surface area contributed by atoms with E-state index >= 15 is 0 Å². The number of amides is 3. The number of rotatable bonds is 6. The Morgan fingerprint density at radius 1 is 1.25 bits per heavy atom. The number of benzene rings is 1. The predicted octanol–water partition coefficient (Wildman–Crippen LogP) is 3.30. The zero-order valence-electron chi connectivity index (χ0n) is 17.9. The number of imidazole rings is 1. The second kappa shape index (κ2) is 7.02. The number of carbonyl (C=O) groups is 3. The molecular weight excluding hydrogens is 404 g/mol. The second-order valence-electron chi connectivity index (χ2n) is 9.30. The number of aromatic nitrogens is 2. The third-order valence-electron chi connectivity index (χ3n) is 6.96. The molecule has 0 radical (unpaired) electrons. The van der Waals surface area contributed by atoms with Gasteiger partial charge in [0.05, 0.1) is 17.9 Å². The van der Waals surface area contributed by atoms with Crippen molar-refractivity contribution < 1.29 is 14.4 Å². The number of nitrogens with zero attached hydrogens (tertiary/aromatic N) is 4. The van der Waals surface area contributed by atoms with Crippen LogP contribution in [-0.2, 0) is 16.1 Å². The van der Waals surface area contributed by atoms with E-state index in [-0.39, 0.29) is 24.3 Å². The number of anilines is 1. The van der Waals surface area contributed by atoms with Crippen molar-refractivity contribution in [3.63, 3.8) is 0 Å². The van der Waals surface area contributed by atoms with Crippen LogP contribution in [0.2, 0.25) is 0 Å². The summed E-state index contributed by atoms with van der Waals surface area (Å²) in [6.45, 7) is 2.68. The molecule has 2 saturated carbocycles. The van der Waals surface area contributed by atoms with Crippen LogP contribution in [0.5, 0.6) is 0 Å². The molecule has 32 heavy (non-hydrogen) atoms. The molecule has 7 nitrogen and oxygen atoms in total. The molecule has 162 valence electrons. The number of fused-ring (bicyclic) bond motifs is 2. The van der Waals surface area contributed by atoms with Gasteiger partial charge < -0.3 is 9.30 Å². The largest absolute Gasteiger partial charge is 0.308 e. The average Bonchev–Trinajstić information content (AvgIpc) is 3.71. The van der Waals surface area contributed by atoms with Crippen LogP contribution in [0.4, 0.5) is 5.69 Å². The molecule has 0 bridgehead atoms. The van der Waals surface area contributed by atoms with Crippen LogP contribution in [0.15, 0.2) is 42.7 Å². The van der Waals surface area contributed by atoms with Gasteiger partial charge in [-0.2, -0.15) is 0 Å². The summed E-state index contributed by atoms with van der Waals surface area (Å²) in [7, 11) is 0. The van der Waals surface area contributed by atoms with Gasteiger partial charge in [-0.05, 0) is 61.3 Å². The van der Waals surface area contributed by atoms with Crippen molar-refractivity contribution in [1.29, 1.82) is 0 Å². The molecule has 7 heteroatoms. The summed E-state index contributed by atoms with van der Waals surface area (Å²) in [6, 6.07) is 9.34. The molecule has 3 fully saturated rings. The molecule has 0 N–H and O–H groups in total. The number of hydrogen-bond acceptors (Lipinski definition) is 4. The summed E-state index contributed by atoms with van der Waals surface area (Å²) in [4.78, 5) is 45.3. The first-order valence-electron chi connectivity index (χ1n) is 11.2. The van der Waals surface area contributed by atoms with E-state index in [1.807, 2.05) is 34.6 Å². The molecule has 2 atom stereocenters. The molecule has 1 aliphatic heterocycles. The van der Waals surface area contributed by atoms with Gasteiger partial charge in [-0.25, -0.2) is 4.98 Å². The number of piperidine rings is 1. The summed E-state index contributed by atoms with van der Waals surface area (Å²) in [5.74, 6) is 1.03. The highest BCUT2D eigenvalue weighted by Crippen LogP contribution is 2.49. The zero-order chi connectivity index (χ0) is 22.0. The molecule has 1 saturated heterocycles. The number of aryl methyl sites for hydroxylation is 1. The van der Waals surface area contributed by atoms with Gasteiger partial charge in [0.1, 0.15) is 0 Å². The summed E-state index contributed by atoms with van der Waals surface area (Å²) >= 11 is 0. The van der Waals surface area contributed by atoms with Gasteiger partial charge in [0.2, 0.25) is 12.3 Å². The summed E-state index contributed by atoms with van der Waals surface area (Å²) in [6.07, 6.45) is 7.83. The maximum absolute atomic E-state index is 12.9. The molecule has 1 aromatic carbocycles. The van der Waals surface area contributed by atoms with E-state index in [1.165, 1.54) is 5.56 Å². The standard InChI is InChI=1S/C25H24N4O3/c1-15-4-2-3-5-20(15)24(31)28(14-30)13-19-12-27-10-17(16-6-7-16)9-22(23(27)26-19)29-11-18-8-21(18)25(29)32/h2-5,9-10,12,14,16,18,21H,6-8,11,13H2,1H3. The lowest BCUT2D eigenvalue weighted by Crippen LogP contribution is -2.29. The van der Waals surface area contributed by atoms with E-state index < -0.39 is 0 Å². The van der Waals surface area contributed by atoms with Gasteiger partial charge in [-0.1, -0.05) is 18.2 Å². The monoisotopic (exact) mass is 428 g/mol. The normalized spacial score (nSPS) is 21.7. The molecule has 2 unspecified atom stereocenters. The average molecular weight is 428 g/mol. The van der Waals surface area contributed by atoms with Gasteiger partial charge in [-0.15, -0.1) is 0 Å². The van der Waals surface area contributed by atoms with E-state index in [1.54, 1.807) is 12.1 Å². The minimum atomic E-state index is -0.344. The molecule has 3 amide bonds. The Labute approximate surface area is 185 Å². The zero-order valence-corrected chi connectivity index (χ0v) is 17.9. The Hall–Kier alpha value is -3.48. The number of carbonyl (C=O) groups excluding carboxylic acids is 3. The summed E-state index contributed by atoms with van der Waals surface area (Å²) < 4.78 is 1.96. The van der Waals surface area contributed by atoms with Crippen LogP contribution >= 0.6 is 0 Å². The van der Waals surface area contributed by atoms with Crippen LogP contribution < -0.4 is 4.90 Å². The molecule has 2 aliphatic carbocycles. The van der Waals surface area contributed by atoms with Crippen LogP contribution in [0.25, 0.3) is 5.65 Å². The first-order chi connectivity index (χ1) is 15.5. The molecule has 0 spiro atoms. The first kappa shape index (κ1) is 19.2. The lowest BCUT2D eigenvalue weighted by molar-refractivity contribution is -0.118. The Morgan fingerprint density at radius 3 is 2.75 bits per heavy atom. The van der Waals surface area contributed by atoms with Crippen molar-refractivity contribution >= 4 is 29.6 Å². The molecule has 3 aliphatic rings. The van der Waals surface area contributed by atoms with Gasteiger partial charge in [-0.3, -0.25) is 19.3 Å². The lowest BCUT2D eigenvalue weighted by atomic mass is 10.1. The SMILES string of the molecule is Cc1ccccc1C(=O)N(C=O)Cc1cn2cc(C3CC3)cc(N3CC4CC4C3=O)c2n1. The van der Waals surface area contributed by atoms with E-state index in [0.717, 1.165) is 42.0 Å². The summed E-state index contributed by atoms with van der Waals surface area (Å²) in [5, 5.41) is 0. The Bertz CT molecular complexity index is 1280. The summed E-state index contributed by atoms with van der Waals surface area (Å²) in [5.41, 5.74) is 4.70.